The van der Waals surface area contributed by atoms with Crippen molar-refractivity contribution >= 4 is 22.9 Å². The van der Waals surface area contributed by atoms with Crippen LogP contribution in [-0.4, -0.2) is 86.4 Å². The summed E-state index contributed by atoms with van der Waals surface area (Å²) in [7, 11) is 1.63. The van der Waals surface area contributed by atoms with Crippen LogP contribution in [0.2, 0.25) is 0 Å². The molecule has 1 atom stereocenters. The fourth-order valence-corrected chi connectivity index (χ4v) is 4.53. The Bertz CT molecular complexity index is 727. The predicted octanol–water partition coefficient (Wildman–Crippen LogP) is 2.14. The van der Waals surface area contributed by atoms with Crippen molar-refractivity contribution in [1.29, 1.82) is 0 Å². The van der Waals surface area contributed by atoms with E-state index in [4.69, 9.17) is 14.2 Å². The number of rotatable bonds is 10. The third-order valence-electron chi connectivity index (χ3n) is 5.31. The normalized spacial score (nSPS) is 18.3. The Morgan fingerprint density at radius 1 is 1.27 bits per heavy atom. The molecule has 0 bridgehead atoms. The molecule has 8 nitrogen and oxygen atoms in total. The van der Waals surface area contributed by atoms with Crippen LogP contribution < -0.4 is 14.8 Å². The fraction of sp³-hybridized carbons (Fsp3) is 0.619. The predicted molar refractivity (Wildman–Crippen MR) is 116 cm³/mol. The van der Waals surface area contributed by atoms with Gasteiger partial charge in [0.25, 0.3) is 5.24 Å². The molecular weight excluding hydrogens is 406 g/mol. The quantitative estimate of drug-likeness (QED) is 0.601. The van der Waals surface area contributed by atoms with E-state index in [9.17, 15) is 9.59 Å². The second-order valence-electron chi connectivity index (χ2n) is 7.16. The lowest BCUT2D eigenvalue weighted by Gasteiger charge is -2.35. The van der Waals surface area contributed by atoms with E-state index < -0.39 is 0 Å². The summed E-state index contributed by atoms with van der Waals surface area (Å²) in [5, 5.41) is 3.12. The van der Waals surface area contributed by atoms with Gasteiger partial charge in [-0.05, 0) is 24.6 Å². The van der Waals surface area contributed by atoms with Gasteiger partial charge < -0.3 is 24.4 Å². The molecule has 2 heterocycles. The molecule has 166 valence electrons. The monoisotopic (exact) mass is 437 g/mol. The number of morpholine rings is 1. The molecular formula is C21H31N3O5S. The summed E-state index contributed by atoms with van der Waals surface area (Å²) in [6.45, 7) is 7.13. The second-order valence-corrected chi connectivity index (χ2v) is 8.21. The molecule has 0 radical (unpaired) electrons. The maximum absolute atomic E-state index is 12.4. The third kappa shape index (κ3) is 6.02. The number of methoxy groups -OCH3 is 1. The number of benzene rings is 1. The zero-order valence-corrected chi connectivity index (χ0v) is 18.5. The summed E-state index contributed by atoms with van der Waals surface area (Å²) >= 11 is 1.31. The van der Waals surface area contributed by atoms with Gasteiger partial charge in [-0.15, -0.1) is 0 Å². The highest BCUT2D eigenvalue weighted by atomic mass is 32.2. The van der Waals surface area contributed by atoms with E-state index in [1.165, 1.54) is 11.8 Å². The molecule has 1 unspecified atom stereocenters. The molecule has 1 aromatic rings. The lowest BCUT2D eigenvalue weighted by atomic mass is 10.0. The van der Waals surface area contributed by atoms with E-state index >= 15 is 0 Å². The number of amides is 2. The Labute approximate surface area is 182 Å². The number of nitrogens with one attached hydrogen (secondary N) is 1. The van der Waals surface area contributed by atoms with Crippen LogP contribution >= 0.6 is 11.8 Å². The van der Waals surface area contributed by atoms with E-state index in [1.54, 1.807) is 12.0 Å². The summed E-state index contributed by atoms with van der Waals surface area (Å²) in [6, 6.07) is 5.94. The van der Waals surface area contributed by atoms with Crippen LogP contribution in [-0.2, 0) is 9.53 Å². The Balaban J connectivity index is 1.65. The number of carbonyl (C=O) groups is 2. The smallest absolute Gasteiger partial charge is 0.281 e. The van der Waals surface area contributed by atoms with Gasteiger partial charge in [-0.3, -0.25) is 14.5 Å². The van der Waals surface area contributed by atoms with Crippen molar-refractivity contribution in [3.63, 3.8) is 0 Å². The van der Waals surface area contributed by atoms with E-state index in [1.807, 2.05) is 25.1 Å². The Hall–Kier alpha value is -1.97. The minimum Gasteiger partial charge on any atom is -0.493 e. The first kappa shape index (κ1) is 22.7. The Kier molecular flexibility index (Phi) is 8.65. The van der Waals surface area contributed by atoms with E-state index in [-0.39, 0.29) is 17.2 Å². The highest BCUT2D eigenvalue weighted by Crippen LogP contribution is 2.32. The standard InChI is InChI=1S/C21H31N3O5S/c1-3-29-18-5-4-16(14-19(18)27-2)17(23-8-11-28-12-9-23)15-22-20(25)6-7-24-10-13-30-21(24)26/h4-5,14,17H,3,6-13,15H2,1-2H3,(H,22,25). The first-order valence-electron chi connectivity index (χ1n) is 10.4. The number of hydrogen-bond acceptors (Lipinski definition) is 7. The van der Waals surface area contributed by atoms with Gasteiger partial charge in [-0.2, -0.15) is 0 Å². The van der Waals surface area contributed by atoms with Gasteiger partial charge in [-0.1, -0.05) is 17.8 Å². The Morgan fingerprint density at radius 2 is 2.07 bits per heavy atom. The highest BCUT2D eigenvalue weighted by molar-refractivity contribution is 8.13. The average Bonchev–Trinajstić information content (AvgIpc) is 3.19. The lowest BCUT2D eigenvalue weighted by Crippen LogP contribution is -2.44. The van der Waals surface area contributed by atoms with Crippen molar-refractivity contribution in [3.8, 4) is 11.5 Å². The molecule has 0 aliphatic carbocycles. The topological polar surface area (TPSA) is 80.3 Å². The van der Waals surface area contributed by atoms with Gasteiger partial charge in [0, 0.05) is 44.9 Å². The Morgan fingerprint density at radius 3 is 2.73 bits per heavy atom. The van der Waals surface area contributed by atoms with Crippen LogP contribution in [0.1, 0.15) is 24.9 Å². The molecule has 30 heavy (non-hydrogen) atoms. The van der Waals surface area contributed by atoms with Gasteiger partial charge >= 0.3 is 0 Å². The maximum atomic E-state index is 12.4. The summed E-state index contributed by atoms with van der Waals surface area (Å²) in [5.41, 5.74) is 1.06. The third-order valence-corrected chi connectivity index (χ3v) is 6.20. The van der Waals surface area contributed by atoms with E-state index in [0.717, 1.165) is 31.0 Å². The van der Waals surface area contributed by atoms with Gasteiger partial charge in [-0.25, -0.2) is 0 Å². The van der Waals surface area contributed by atoms with Crippen molar-refractivity contribution in [1.82, 2.24) is 15.1 Å². The van der Waals surface area contributed by atoms with Crippen molar-refractivity contribution in [2.75, 3.05) is 65.4 Å². The van der Waals surface area contributed by atoms with E-state index in [2.05, 4.69) is 10.2 Å². The number of carbonyl (C=O) groups excluding carboxylic acids is 2. The van der Waals surface area contributed by atoms with Crippen LogP contribution in [0, 0.1) is 0 Å². The minimum absolute atomic E-state index is 0.00593. The molecule has 9 heteroatoms. The molecule has 2 aliphatic rings. The van der Waals surface area contributed by atoms with E-state index in [0.29, 0.717) is 50.8 Å². The maximum Gasteiger partial charge on any atom is 0.281 e. The number of thioether (sulfide) groups is 1. The van der Waals surface area contributed by atoms with Crippen LogP contribution in [0.15, 0.2) is 18.2 Å². The molecule has 0 saturated carbocycles. The van der Waals surface area contributed by atoms with Crippen molar-refractivity contribution < 1.29 is 23.8 Å². The van der Waals surface area contributed by atoms with Crippen molar-refractivity contribution in [2.45, 2.75) is 19.4 Å². The molecule has 2 saturated heterocycles. The van der Waals surface area contributed by atoms with Crippen LogP contribution in [0.25, 0.3) is 0 Å². The molecule has 2 aliphatic heterocycles. The van der Waals surface area contributed by atoms with Crippen molar-refractivity contribution in [3.05, 3.63) is 23.8 Å². The van der Waals surface area contributed by atoms with Crippen LogP contribution in [0.4, 0.5) is 4.79 Å². The van der Waals surface area contributed by atoms with Gasteiger partial charge in [0.15, 0.2) is 11.5 Å². The van der Waals surface area contributed by atoms with Gasteiger partial charge in [0.05, 0.1) is 33.0 Å². The molecule has 3 rings (SSSR count). The molecule has 1 N–H and O–H groups in total. The zero-order chi connectivity index (χ0) is 21.3. The summed E-state index contributed by atoms with van der Waals surface area (Å²) in [6.07, 6.45) is 0.314. The SMILES string of the molecule is CCOc1ccc(C(CNC(=O)CCN2CCSC2=O)N2CCOCC2)cc1OC. The fourth-order valence-electron chi connectivity index (χ4n) is 3.68. The summed E-state index contributed by atoms with van der Waals surface area (Å²) in [4.78, 5) is 28.2. The first-order valence-corrected chi connectivity index (χ1v) is 11.4. The van der Waals surface area contributed by atoms with Gasteiger partial charge in [0.1, 0.15) is 0 Å². The number of ether oxygens (including phenoxy) is 3. The summed E-state index contributed by atoms with van der Waals surface area (Å²) < 4.78 is 16.6. The summed E-state index contributed by atoms with van der Waals surface area (Å²) in [5.74, 6) is 2.15. The molecule has 0 spiro atoms. The first-order chi connectivity index (χ1) is 14.6. The highest BCUT2D eigenvalue weighted by Gasteiger charge is 2.25. The number of hydrogen-bond donors (Lipinski definition) is 1. The van der Waals surface area contributed by atoms with Gasteiger partial charge in [0.2, 0.25) is 5.91 Å². The lowest BCUT2D eigenvalue weighted by molar-refractivity contribution is -0.121. The largest absolute Gasteiger partial charge is 0.493 e. The molecule has 2 amide bonds. The van der Waals surface area contributed by atoms with Crippen LogP contribution in [0.3, 0.4) is 0 Å². The molecule has 2 fully saturated rings. The number of nitrogens with zero attached hydrogens (tertiary/aromatic N) is 2. The second kappa shape index (κ2) is 11.4. The van der Waals surface area contributed by atoms with Crippen LogP contribution in [0.5, 0.6) is 11.5 Å². The zero-order valence-electron chi connectivity index (χ0n) is 17.7. The molecule has 1 aromatic carbocycles. The average molecular weight is 438 g/mol. The minimum atomic E-state index is -0.0455. The molecule has 0 aromatic heterocycles. The van der Waals surface area contributed by atoms with Crippen molar-refractivity contribution in [2.24, 2.45) is 0 Å².